The van der Waals surface area contributed by atoms with Gasteiger partial charge in [-0.15, -0.1) is 0 Å². The van der Waals surface area contributed by atoms with Gasteiger partial charge < -0.3 is 10.1 Å². The van der Waals surface area contributed by atoms with Crippen molar-refractivity contribution < 1.29 is 4.74 Å². The summed E-state index contributed by atoms with van der Waals surface area (Å²) >= 11 is 0. The molecule has 0 amide bonds. The van der Waals surface area contributed by atoms with Crippen molar-refractivity contribution in [3.63, 3.8) is 0 Å². The highest BCUT2D eigenvalue weighted by atomic mass is 16.5. The lowest BCUT2D eigenvalue weighted by molar-refractivity contribution is -0.0477. The first-order valence-corrected chi connectivity index (χ1v) is 7.06. The molecule has 1 N–H and O–H groups in total. The van der Waals surface area contributed by atoms with Crippen molar-refractivity contribution in [2.45, 2.75) is 58.8 Å². The van der Waals surface area contributed by atoms with Crippen LogP contribution >= 0.6 is 0 Å². The van der Waals surface area contributed by atoms with Crippen molar-refractivity contribution in [1.82, 2.24) is 10.2 Å². The van der Waals surface area contributed by atoms with Gasteiger partial charge in [0.05, 0.1) is 12.2 Å². The molecule has 100 valence electrons. The molecule has 2 atom stereocenters. The molecule has 3 heteroatoms. The van der Waals surface area contributed by atoms with Crippen LogP contribution in [0.25, 0.3) is 0 Å². The maximum atomic E-state index is 5.88. The van der Waals surface area contributed by atoms with Gasteiger partial charge >= 0.3 is 0 Å². The zero-order valence-corrected chi connectivity index (χ0v) is 11.8. The van der Waals surface area contributed by atoms with Gasteiger partial charge in [-0.1, -0.05) is 27.7 Å². The molecule has 0 aliphatic carbocycles. The number of ether oxygens (including phenoxy) is 1. The third-order valence-corrected chi connectivity index (χ3v) is 3.76. The molecule has 0 aromatic carbocycles. The molecule has 0 saturated carbocycles. The number of morpholine rings is 1. The number of nitrogens with zero attached hydrogens (tertiary/aromatic N) is 1. The van der Waals surface area contributed by atoms with Crippen LogP contribution in [0.1, 0.15) is 40.5 Å². The Hall–Kier alpha value is -0.120. The number of hydrogen-bond acceptors (Lipinski definition) is 3. The minimum absolute atomic E-state index is 0.348. The molecular formula is C14H28N2O. The van der Waals surface area contributed by atoms with Gasteiger partial charge in [-0.05, 0) is 18.3 Å². The summed E-state index contributed by atoms with van der Waals surface area (Å²) in [5.74, 6) is 0. The third-order valence-electron chi connectivity index (χ3n) is 3.76. The van der Waals surface area contributed by atoms with Gasteiger partial charge in [0.15, 0.2) is 0 Å². The molecule has 2 heterocycles. The zero-order valence-electron chi connectivity index (χ0n) is 11.8. The average molecular weight is 240 g/mol. The summed E-state index contributed by atoms with van der Waals surface area (Å²) in [4.78, 5) is 2.60. The Morgan fingerprint density at radius 3 is 2.35 bits per heavy atom. The smallest absolute Gasteiger partial charge is 0.0707 e. The minimum Gasteiger partial charge on any atom is -0.372 e. The zero-order chi connectivity index (χ0) is 12.5. The number of rotatable bonds is 5. The summed E-state index contributed by atoms with van der Waals surface area (Å²) in [5.41, 5.74) is 0.348. The molecular weight excluding hydrogens is 212 g/mol. The van der Waals surface area contributed by atoms with Gasteiger partial charge in [-0.25, -0.2) is 0 Å². The second-order valence-corrected chi connectivity index (χ2v) is 6.85. The van der Waals surface area contributed by atoms with Crippen LogP contribution in [0.15, 0.2) is 0 Å². The average Bonchev–Trinajstić information content (AvgIpc) is 2.55. The van der Waals surface area contributed by atoms with Crippen molar-refractivity contribution in [3.8, 4) is 0 Å². The maximum Gasteiger partial charge on any atom is 0.0707 e. The van der Waals surface area contributed by atoms with Crippen molar-refractivity contribution >= 4 is 0 Å². The van der Waals surface area contributed by atoms with Gasteiger partial charge in [0.1, 0.15) is 0 Å². The van der Waals surface area contributed by atoms with Crippen LogP contribution in [-0.4, -0.2) is 49.3 Å². The lowest BCUT2D eigenvalue weighted by Gasteiger charge is -2.38. The topological polar surface area (TPSA) is 24.5 Å². The van der Waals surface area contributed by atoms with E-state index in [4.69, 9.17) is 4.74 Å². The number of hydrogen-bond donors (Lipinski definition) is 1. The van der Waals surface area contributed by atoms with Crippen molar-refractivity contribution in [1.29, 1.82) is 0 Å². The summed E-state index contributed by atoms with van der Waals surface area (Å²) in [6.45, 7) is 13.7. The quantitative estimate of drug-likeness (QED) is 0.794. The van der Waals surface area contributed by atoms with E-state index in [2.05, 4.69) is 37.9 Å². The van der Waals surface area contributed by atoms with E-state index in [9.17, 15) is 0 Å². The van der Waals surface area contributed by atoms with E-state index in [1.54, 1.807) is 0 Å². The van der Waals surface area contributed by atoms with Crippen LogP contribution in [0.5, 0.6) is 0 Å². The van der Waals surface area contributed by atoms with E-state index in [1.807, 2.05) is 0 Å². The number of nitrogens with one attached hydrogen (secondary N) is 1. The number of fused-ring (bicyclic) bond motifs is 2. The molecule has 2 fully saturated rings. The highest BCUT2D eigenvalue weighted by Crippen LogP contribution is 2.28. The van der Waals surface area contributed by atoms with Crippen LogP contribution < -0.4 is 5.32 Å². The Balaban J connectivity index is 1.79. The molecule has 3 nitrogen and oxygen atoms in total. The minimum atomic E-state index is 0.348. The van der Waals surface area contributed by atoms with Crippen LogP contribution in [0.2, 0.25) is 0 Å². The molecule has 17 heavy (non-hydrogen) atoms. The van der Waals surface area contributed by atoms with Gasteiger partial charge in [0, 0.05) is 32.2 Å². The highest BCUT2D eigenvalue weighted by molar-refractivity contribution is 4.87. The summed E-state index contributed by atoms with van der Waals surface area (Å²) < 4.78 is 5.88. The van der Waals surface area contributed by atoms with Crippen molar-refractivity contribution in [2.24, 2.45) is 5.41 Å². The van der Waals surface area contributed by atoms with E-state index < -0.39 is 0 Å². The SMILES string of the molecule is CC(C)NCC(C)(C)CN1CC2CCC(C1)O2. The van der Waals surface area contributed by atoms with E-state index in [-0.39, 0.29) is 0 Å². The molecule has 0 aromatic heterocycles. The van der Waals surface area contributed by atoms with Gasteiger partial charge in [0.2, 0.25) is 0 Å². The monoisotopic (exact) mass is 240 g/mol. The van der Waals surface area contributed by atoms with Crippen LogP contribution in [0.4, 0.5) is 0 Å². The first-order valence-electron chi connectivity index (χ1n) is 7.06. The summed E-state index contributed by atoms with van der Waals surface area (Å²) in [6, 6.07) is 0.579. The molecule has 2 aliphatic rings. The maximum absolute atomic E-state index is 5.88. The molecule has 2 unspecified atom stereocenters. The first-order chi connectivity index (χ1) is 7.94. The normalized spacial score (nSPS) is 30.2. The predicted molar refractivity (Wildman–Crippen MR) is 71.3 cm³/mol. The Kier molecular flexibility index (Phi) is 4.11. The van der Waals surface area contributed by atoms with Crippen LogP contribution in [0.3, 0.4) is 0 Å². The Bertz CT molecular complexity index is 241. The molecule has 2 saturated heterocycles. The fourth-order valence-corrected chi connectivity index (χ4v) is 2.97. The summed E-state index contributed by atoms with van der Waals surface area (Å²) in [7, 11) is 0. The lowest BCUT2D eigenvalue weighted by Crippen LogP contribution is -2.49. The standard InChI is InChI=1S/C14H28N2O/c1-11(2)15-9-14(3,4)10-16-7-12-5-6-13(8-16)17-12/h11-13,15H,5-10H2,1-4H3. The van der Waals surface area contributed by atoms with Crippen molar-refractivity contribution in [2.75, 3.05) is 26.2 Å². The van der Waals surface area contributed by atoms with E-state index >= 15 is 0 Å². The fraction of sp³-hybridized carbons (Fsp3) is 1.00. The van der Waals surface area contributed by atoms with E-state index in [1.165, 1.54) is 19.4 Å². The summed E-state index contributed by atoms with van der Waals surface area (Å²) in [5, 5.41) is 3.56. The van der Waals surface area contributed by atoms with Gasteiger partial charge in [0.25, 0.3) is 0 Å². The second-order valence-electron chi connectivity index (χ2n) is 6.85. The molecule has 2 aliphatic heterocycles. The molecule has 0 spiro atoms. The van der Waals surface area contributed by atoms with E-state index in [0.29, 0.717) is 23.7 Å². The lowest BCUT2D eigenvalue weighted by atomic mass is 9.92. The fourth-order valence-electron chi connectivity index (χ4n) is 2.97. The highest BCUT2D eigenvalue weighted by Gasteiger charge is 2.35. The second kappa shape index (κ2) is 5.25. The predicted octanol–water partition coefficient (Wildman–Crippen LogP) is 1.87. The Morgan fingerprint density at radius 2 is 1.82 bits per heavy atom. The van der Waals surface area contributed by atoms with E-state index in [0.717, 1.165) is 19.6 Å². The molecule has 2 bridgehead atoms. The molecule has 0 aromatic rings. The van der Waals surface area contributed by atoms with Gasteiger partial charge in [-0.3, -0.25) is 4.90 Å². The van der Waals surface area contributed by atoms with Crippen LogP contribution in [-0.2, 0) is 4.74 Å². The molecule has 2 rings (SSSR count). The number of likely N-dealkylation sites (tertiary alicyclic amines) is 1. The van der Waals surface area contributed by atoms with Crippen molar-refractivity contribution in [3.05, 3.63) is 0 Å². The Morgan fingerprint density at radius 1 is 1.24 bits per heavy atom. The largest absolute Gasteiger partial charge is 0.372 e. The first kappa shape index (κ1) is 13.3. The third kappa shape index (κ3) is 3.94. The van der Waals surface area contributed by atoms with Crippen LogP contribution in [0, 0.1) is 5.41 Å². The summed E-state index contributed by atoms with van der Waals surface area (Å²) in [6.07, 6.45) is 3.57. The van der Waals surface area contributed by atoms with Gasteiger partial charge in [-0.2, -0.15) is 0 Å². The Labute approximate surface area is 106 Å². The molecule has 0 radical (unpaired) electrons.